The Morgan fingerprint density at radius 2 is 2.46 bits per heavy atom. The number of rotatable bonds is 3. The zero-order valence-electron chi connectivity index (χ0n) is 7.53. The second-order valence-corrected chi connectivity index (χ2v) is 3.20. The van der Waals surface area contributed by atoms with Gasteiger partial charge in [-0.15, -0.1) is 5.10 Å². The number of ether oxygens (including phenoxy) is 1. The number of hydrogen-bond donors (Lipinski definition) is 1. The SMILES string of the molecule is CCCOC(=O)Nc1snnc1C. The molecule has 0 bridgehead atoms. The molecule has 1 rings (SSSR count). The third kappa shape index (κ3) is 2.98. The van der Waals surface area contributed by atoms with E-state index in [9.17, 15) is 4.79 Å². The van der Waals surface area contributed by atoms with Gasteiger partial charge < -0.3 is 4.74 Å². The second kappa shape index (κ2) is 4.76. The predicted octanol–water partition coefficient (Wildman–Crippen LogP) is 1.81. The first-order valence-electron chi connectivity index (χ1n) is 3.96. The van der Waals surface area contributed by atoms with Crippen molar-refractivity contribution < 1.29 is 9.53 Å². The number of carbonyl (C=O) groups excluding carboxylic acids is 1. The van der Waals surface area contributed by atoms with Gasteiger partial charge in [-0.25, -0.2) is 4.79 Å². The Kier molecular flexibility index (Phi) is 3.63. The Bertz CT molecular complexity index is 287. The number of aryl methyl sites for hydroxylation is 1. The molecule has 1 amide bonds. The molecular formula is C7H11N3O2S. The summed E-state index contributed by atoms with van der Waals surface area (Å²) in [5, 5.41) is 6.95. The summed E-state index contributed by atoms with van der Waals surface area (Å²) in [6, 6.07) is 0. The highest BCUT2D eigenvalue weighted by Crippen LogP contribution is 2.15. The third-order valence-corrected chi connectivity index (χ3v) is 2.05. The highest BCUT2D eigenvalue weighted by atomic mass is 32.1. The van der Waals surface area contributed by atoms with E-state index < -0.39 is 6.09 Å². The van der Waals surface area contributed by atoms with Crippen LogP contribution in [-0.2, 0) is 4.74 Å². The van der Waals surface area contributed by atoms with Gasteiger partial charge in [0.1, 0.15) is 5.00 Å². The summed E-state index contributed by atoms with van der Waals surface area (Å²) in [6.45, 7) is 4.14. The normalized spacial score (nSPS) is 9.69. The molecule has 1 aromatic heterocycles. The summed E-state index contributed by atoms with van der Waals surface area (Å²) in [5.41, 5.74) is 0.707. The monoisotopic (exact) mass is 201 g/mol. The first kappa shape index (κ1) is 9.91. The molecule has 0 aromatic carbocycles. The molecule has 0 spiro atoms. The van der Waals surface area contributed by atoms with E-state index in [4.69, 9.17) is 4.74 Å². The number of amides is 1. The standard InChI is InChI=1S/C7H11N3O2S/c1-3-4-12-7(11)8-6-5(2)9-10-13-6/h3-4H2,1-2H3,(H,8,11). The molecular weight excluding hydrogens is 190 g/mol. The van der Waals surface area contributed by atoms with Crippen molar-refractivity contribution in [2.75, 3.05) is 11.9 Å². The topological polar surface area (TPSA) is 64.1 Å². The minimum Gasteiger partial charge on any atom is -0.449 e. The Morgan fingerprint density at radius 3 is 3.00 bits per heavy atom. The molecule has 1 aromatic rings. The maximum Gasteiger partial charge on any atom is 0.412 e. The Labute approximate surface area is 80.3 Å². The largest absolute Gasteiger partial charge is 0.449 e. The van der Waals surface area contributed by atoms with E-state index >= 15 is 0 Å². The molecule has 6 heteroatoms. The van der Waals surface area contributed by atoms with E-state index in [0.717, 1.165) is 18.0 Å². The molecule has 5 nitrogen and oxygen atoms in total. The van der Waals surface area contributed by atoms with Gasteiger partial charge in [0.15, 0.2) is 0 Å². The highest BCUT2D eigenvalue weighted by Gasteiger charge is 2.07. The van der Waals surface area contributed by atoms with Crippen molar-refractivity contribution in [1.82, 2.24) is 9.59 Å². The van der Waals surface area contributed by atoms with Crippen LogP contribution >= 0.6 is 11.5 Å². The quantitative estimate of drug-likeness (QED) is 0.810. The van der Waals surface area contributed by atoms with Crippen molar-refractivity contribution in [1.29, 1.82) is 0 Å². The fourth-order valence-electron chi connectivity index (χ4n) is 0.671. The van der Waals surface area contributed by atoms with Gasteiger partial charge >= 0.3 is 6.09 Å². The average Bonchev–Trinajstić information content (AvgIpc) is 2.48. The smallest absolute Gasteiger partial charge is 0.412 e. The average molecular weight is 201 g/mol. The van der Waals surface area contributed by atoms with Gasteiger partial charge in [-0.2, -0.15) is 0 Å². The van der Waals surface area contributed by atoms with Crippen molar-refractivity contribution in [3.8, 4) is 0 Å². The van der Waals surface area contributed by atoms with E-state index in [1.54, 1.807) is 6.92 Å². The Balaban J connectivity index is 2.41. The molecule has 1 heterocycles. The van der Waals surface area contributed by atoms with Crippen LogP contribution in [0.25, 0.3) is 0 Å². The first-order chi connectivity index (χ1) is 6.24. The van der Waals surface area contributed by atoms with Gasteiger partial charge in [-0.1, -0.05) is 11.4 Å². The summed E-state index contributed by atoms with van der Waals surface area (Å²) in [4.78, 5) is 11.0. The number of anilines is 1. The lowest BCUT2D eigenvalue weighted by atomic mass is 10.5. The molecule has 0 saturated heterocycles. The number of aromatic nitrogens is 2. The molecule has 0 fully saturated rings. The summed E-state index contributed by atoms with van der Waals surface area (Å²) in [5.74, 6) is 0. The molecule has 0 radical (unpaired) electrons. The summed E-state index contributed by atoms with van der Waals surface area (Å²) >= 11 is 1.14. The van der Waals surface area contributed by atoms with E-state index in [0.29, 0.717) is 17.3 Å². The van der Waals surface area contributed by atoms with Crippen molar-refractivity contribution in [3.63, 3.8) is 0 Å². The van der Waals surface area contributed by atoms with Crippen LogP contribution in [0.2, 0.25) is 0 Å². The zero-order chi connectivity index (χ0) is 9.68. The third-order valence-electron chi connectivity index (χ3n) is 1.30. The lowest BCUT2D eigenvalue weighted by Gasteiger charge is -2.02. The zero-order valence-corrected chi connectivity index (χ0v) is 8.35. The predicted molar refractivity (Wildman–Crippen MR) is 49.9 cm³/mol. The van der Waals surface area contributed by atoms with Crippen LogP contribution in [0.4, 0.5) is 9.80 Å². The fraction of sp³-hybridized carbons (Fsp3) is 0.571. The molecule has 1 N–H and O–H groups in total. The van der Waals surface area contributed by atoms with Gasteiger partial charge in [0.05, 0.1) is 12.3 Å². The minimum atomic E-state index is -0.448. The maximum atomic E-state index is 11.0. The molecule has 72 valence electrons. The number of hydrogen-bond acceptors (Lipinski definition) is 5. The van der Waals surface area contributed by atoms with Gasteiger partial charge in [0.2, 0.25) is 0 Å². The van der Waals surface area contributed by atoms with Crippen LogP contribution in [0.3, 0.4) is 0 Å². The van der Waals surface area contributed by atoms with Crippen LogP contribution in [0.1, 0.15) is 19.0 Å². The lowest BCUT2D eigenvalue weighted by molar-refractivity contribution is 0.162. The molecule has 0 saturated carbocycles. The summed E-state index contributed by atoms with van der Waals surface area (Å²) in [7, 11) is 0. The van der Waals surface area contributed by atoms with E-state index in [2.05, 4.69) is 14.9 Å². The van der Waals surface area contributed by atoms with Crippen molar-refractivity contribution >= 4 is 22.6 Å². The Morgan fingerprint density at radius 1 is 1.69 bits per heavy atom. The van der Waals surface area contributed by atoms with Crippen molar-refractivity contribution in [2.45, 2.75) is 20.3 Å². The van der Waals surface area contributed by atoms with Crippen LogP contribution in [0, 0.1) is 6.92 Å². The molecule has 0 aliphatic rings. The van der Waals surface area contributed by atoms with Gasteiger partial charge in [-0.05, 0) is 13.3 Å². The first-order valence-corrected chi connectivity index (χ1v) is 4.74. The fourth-order valence-corrected chi connectivity index (χ4v) is 1.22. The Hall–Kier alpha value is -1.17. The number of nitrogens with one attached hydrogen (secondary N) is 1. The minimum absolute atomic E-state index is 0.428. The molecule has 0 aliphatic carbocycles. The van der Waals surface area contributed by atoms with E-state index in [-0.39, 0.29) is 0 Å². The maximum absolute atomic E-state index is 11.0. The molecule has 0 atom stereocenters. The van der Waals surface area contributed by atoms with Crippen LogP contribution in [0.5, 0.6) is 0 Å². The highest BCUT2D eigenvalue weighted by molar-refractivity contribution is 7.10. The van der Waals surface area contributed by atoms with Gasteiger partial charge in [0.25, 0.3) is 0 Å². The van der Waals surface area contributed by atoms with Crippen molar-refractivity contribution in [2.24, 2.45) is 0 Å². The van der Waals surface area contributed by atoms with Crippen molar-refractivity contribution in [3.05, 3.63) is 5.69 Å². The van der Waals surface area contributed by atoms with Crippen LogP contribution in [0.15, 0.2) is 0 Å². The second-order valence-electron chi connectivity index (χ2n) is 2.45. The number of nitrogens with zero attached hydrogens (tertiary/aromatic N) is 2. The van der Waals surface area contributed by atoms with Gasteiger partial charge in [-0.3, -0.25) is 5.32 Å². The summed E-state index contributed by atoms with van der Waals surface area (Å²) in [6.07, 6.45) is 0.365. The van der Waals surface area contributed by atoms with Gasteiger partial charge in [0, 0.05) is 11.5 Å². The number of carbonyl (C=O) groups is 1. The molecule has 0 aliphatic heterocycles. The van der Waals surface area contributed by atoms with Crippen LogP contribution < -0.4 is 5.32 Å². The lowest BCUT2D eigenvalue weighted by Crippen LogP contribution is -2.13. The molecule has 0 unspecified atom stereocenters. The van der Waals surface area contributed by atoms with E-state index in [1.165, 1.54) is 0 Å². The summed E-state index contributed by atoms with van der Waals surface area (Å²) < 4.78 is 8.50. The van der Waals surface area contributed by atoms with Crippen LogP contribution in [-0.4, -0.2) is 22.3 Å². The van der Waals surface area contributed by atoms with E-state index in [1.807, 2.05) is 6.92 Å². The molecule has 13 heavy (non-hydrogen) atoms.